The summed E-state index contributed by atoms with van der Waals surface area (Å²) in [6, 6.07) is 3.98. The van der Waals surface area contributed by atoms with Gasteiger partial charge in [0, 0.05) is 30.4 Å². The zero-order valence-electron chi connectivity index (χ0n) is 8.48. The maximum Gasteiger partial charge on any atom is 0.137 e. The van der Waals surface area contributed by atoms with Crippen LogP contribution in [0.15, 0.2) is 24.5 Å². The molecule has 0 aliphatic heterocycles. The van der Waals surface area contributed by atoms with E-state index in [2.05, 4.69) is 9.97 Å². The number of hydrogen-bond acceptors (Lipinski definition) is 3. The van der Waals surface area contributed by atoms with Crippen LogP contribution in [0.4, 0.5) is 0 Å². The summed E-state index contributed by atoms with van der Waals surface area (Å²) in [5.41, 5.74) is 7.89. The molecule has 4 N–H and O–H groups in total. The maximum atomic E-state index is 8.72. The number of aromatic amines is 1. The van der Waals surface area contributed by atoms with E-state index in [9.17, 15) is 0 Å². The molecule has 0 saturated carbocycles. The van der Waals surface area contributed by atoms with Gasteiger partial charge in [0.2, 0.25) is 0 Å². The molecule has 1 atom stereocenters. The molecular weight excluding hydrogens is 190 g/mol. The van der Waals surface area contributed by atoms with E-state index in [1.165, 1.54) is 0 Å². The van der Waals surface area contributed by atoms with Gasteiger partial charge in [-0.1, -0.05) is 0 Å². The van der Waals surface area contributed by atoms with Gasteiger partial charge in [0.15, 0.2) is 0 Å². The molecule has 0 bridgehead atoms. The molecule has 4 nitrogen and oxygen atoms in total. The highest BCUT2D eigenvalue weighted by Gasteiger charge is 2.07. The van der Waals surface area contributed by atoms with Crippen molar-refractivity contribution in [3.05, 3.63) is 30.1 Å². The van der Waals surface area contributed by atoms with Crippen LogP contribution >= 0.6 is 0 Å². The Morgan fingerprint density at radius 3 is 3.20 bits per heavy atom. The second kappa shape index (κ2) is 4.42. The fourth-order valence-electron chi connectivity index (χ4n) is 1.64. The van der Waals surface area contributed by atoms with Crippen molar-refractivity contribution in [2.75, 3.05) is 6.61 Å². The van der Waals surface area contributed by atoms with E-state index in [4.69, 9.17) is 10.8 Å². The Morgan fingerprint density at radius 2 is 2.40 bits per heavy atom. The number of nitrogens with zero attached hydrogens (tertiary/aromatic N) is 1. The predicted molar refractivity (Wildman–Crippen MR) is 59.3 cm³/mol. The van der Waals surface area contributed by atoms with Crippen molar-refractivity contribution in [2.45, 2.75) is 18.9 Å². The van der Waals surface area contributed by atoms with Crippen LogP contribution in [0.25, 0.3) is 11.0 Å². The Labute approximate surface area is 88.1 Å². The molecule has 0 amide bonds. The first-order valence-corrected chi connectivity index (χ1v) is 5.10. The lowest BCUT2D eigenvalue weighted by atomic mass is 10.0. The van der Waals surface area contributed by atoms with Crippen LogP contribution in [-0.4, -0.2) is 21.7 Å². The smallest absolute Gasteiger partial charge is 0.137 e. The summed E-state index contributed by atoms with van der Waals surface area (Å²) in [7, 11) is 0. The molecule has 0 aliphatic rings. The van der Waals surface area contributed by atoms with Crippen LogP contribution in [0.5, 0.6) is 0 Å². The summed E-state index contributed by atoms with van der Waals surface area (Å²) in [5.74, 6) is 0. The van der Waals surface area contributed by atoms with E-state index >= 15 is 0 Å². The minimum atomic E-state index is -0.0380. The van der Waals surface area contributed by atoms with Crippen LogP contribution in [0.1, 0.15) is 24.4 Å². The molecule has 0 aliphatic carbocycles. The van der Waals surface area contributed by atoms with Gasteiger partial charge in [0.1, 0.15) is 5.65 Å². The molecule has 15 heavy (non-hydrogen) atoms. The van der Waals surface area contributed by atoms with Crippen molar-refractivity contribution in [3.63, 3.8) is 0 Å². The van der Waals surface area contributed by atoms with E-state index in [1.54, 1.807) is 6.20 Å². The molecule has 2 rings (SSSR count). The van der Waals surface area contributed by atoms with E-state index < -0.39 is 0 Å². The molecule has 0 unspecified atom stereocenters. The number of rotatable bonds is 4. The summed E-state index contributed by atoms with van der Waals surface area (Å²) in [5, 5.41) is 9.80. The van der Waals surface area contributed by atoms with Crippen LogP contribution in [0.3, 0.4) is 0 Å². The van der Waals surface area contributed by atoms with Gasteiger partial charge in [-0.25, -0.2) is 4.98 Å². The number of aromatic nitrogens is 2. The lowest BCUT2D eigenvalue weighted by Crippen LogP contribution is -2.11. The molecular formula is C11H15N3O. The van der Waals surface area contributed by atoms with Crippen LogP contribution in [-0.2, 0) is 0 Å². The van der Waals surface area contributed by atoms with Gasteiger partial charge >= 0.3 is 0 Å². The van der Waals surface area contributed by atoms with E-state index in [1.807, 2.05) is 18.3 Å². The van der Waals surface area contributed by atoms with Gasteiger partial charge < -0.3 is 15.8 Å². The lowest BCUT2D eigenvalue weighted by Gasteiger charge is -2.10. The normalized spacial score (nSPS) is 13.2. The van der Waals surface area contributed by atoms with Crippen molar-refractivity contribution in [2.24, 2.45) is 5.73 Å². The average molecular weight is 205 g/mol. The first-order valence-electron chi connectivity index (χ1n) is 5.10. The van der Waals surface area contributed by atoms with Gasteiger partial charge in [-0.2, -0.15) is 0 Å². The van der Waals surface area contributed by atoms with Crippen molar-refractivity contribution >= 4 is 11.0 Å². The standard InChI is InChI=1S/C11H15N3O/c12-10(2-1-5-15)9-6-8-3-4-13-11(8)14-7-9/h3-4,6-7,10,15H,1-2,5,12H2,(H,13,14)/t10-/m1/s1. The third-order valence-electron chi connectivity index (χ3n) is 2.52. The molecule has 4 heteroatoms. The number of fused-ring (bicyclic) bond motifs is 1. The number of pyridine rings is 1. The summed E-state index contributed by atoms with van der Waals surface area (Å²) < 4.78 is 0. The third-order valence-corrected chi connectivity index (χ3v) is 2.52. The first kappa shape index (κ1) is 10.1. The molecule has 0 spiro atoms. The number of H-pyrrole nitrogens is 1. The molecule has 0 aromatic carbocycles. The molecule has 80 valence electrons. The fraction of sp³-hybridized carbons (Fsp3) is 0.364. The van der Waals surface area contributed by atoms with Crippen molar-refractivity contribution in [1.82, 2.24) is 9.97 Å². The third kappa shape index (κ3) is 2.16. The minimum absolute atomic E-state index is 0.0380. The summed E-state index contributed by atoms with van der Waals surface area (Å²) >= 11 is 0. The van der Waals surface area contributed by atoms with Gasteiger partial charge in [0.25, 0.3) is 0 Å². The van der Waals surface area contributed by atoms with Crippen molar-refractivity contribution < 1.29 is 5.11 Å². The zero-order valence-corrected chi connectivity index (χ0v) is 8.48. The number of aliphatic hydroxyl groups excluding tert-OH is 1. The maximum absolute atomic E-state index is 8.72. The Kier molecular flexibility index (Phi) is 2.99. The molecule has 2 aromatic rings. The number of aliphatic hydroxyl groups is 1. The second-order valence-electron chi connectivity index (χ2n) is 3.66. The highest BCUT2D eigenvalue weighted by Crippen LogP contribution is 2.18. The number of nitrogens with two attached hydrogens (primary N) is 1. The molecule has 0 radical (unpaired) electrons. The van der Waals surface area contributed by atoms with Gasteiger partial charge in [0.05, 0.1) is 0 Å². The Morgan fingerprint density at radius 1 is 1.53 bits per heavy atom. The quantitative estimate of drug-likeness (QED) is 0.705. The minimum Gasteiger partial charge on any atom is -0.396 e. The van der Waals surface area contributed by atoms with Crippen LogP contribution < -0.4 is 5.73 Å². The van der Waals surface area contributed by atoms with E-state index in [-0.39, 0.29) is 12.6 Å². The second-order valence-corrected chi connectivity index (χ2v) is 3.66. The highest BCUT2D eigenvalue weighted by molar-refractivity contribution is 5.75. The van der Waals surface area contributed by atoms with E-state index in [0.717, 1.165) is 29.4 Å². The van der Waals surface area contributed by atoms with Crippen molar-refractivity contribution in [3.8, 4) is 0 Å². The Balaban J connectivity index is 2.19. The molecule has 0 saturated heterocycles. The largest absolute Gasteiger partial charge is 0.396 e. The fourth-order valence-corrected chi connectivity index (χ4v) is 1.64. The summed E-state index contributed by atoms with van der Waals surface area (Å²) in [4.78, 5) is 7.31. The summed E-state index contributed by atoms with van der Waals surface area (Å²) in [6.07, 6.45) is 5.17. The van der Waals surface area contributed by atoms with Crippen molar-refractivity contribution in [1.29, 1.82) is 0 Å². The topological polar surface area (TPSA) is 74.9 Å². The Hall–Kier alpha value is -1.39. The van der Waals surface area contributed by atoms with Gasteiger partial charge in [-0.05, 0) is 30.5 Å². The molecule has 2 aromatic heterocycles. The number of hydrogen-bond donors (Lipinski definition) is 3. The lowest BCUT2D eigenvalue weighted by molar-refractivity contribution is 0.280. The van der Waals surface area contributed by atoms with Gasteiger partial charge in [-0.15, -0.1) is 0 Å². The van der Waals surface area contributed by atoms with Crippen LogP contribution in [0.2, 0.25) is 0 Å². The monoisotopic (exact) mass is 205 g/mol. The van der Waals surface area contributed by atoms with Crippen LogP contribution in [0, 0.1) is 0 Å². The number of nitrogens with one attached hydrogen (secondary N) is 1. The zero-order chi connectivity index (χ0) is 10.7. The molecule has 0 fully saturated rings. The van der Waals surface area contributed by atoms with Gasteiger partial charge in [-0.3, -0.25) is 0 Å². The van der Waals surface area contributed by atoms with E-state index in [0.29, 0.717) is 0 Å². The molecule has 2 heterocycles. The highest BCUT2D eigenvalue weighted by atomic mass is 16.2. The predicted octanol–water partition coefficient (Wildman–Crippen LogP) is 1.34. The average Bonchev–Trinajstić information content (AvgIpc) is 2.72. The first-order chi connectivity index (χ1) is 7.31. The summed E-state index contributed by atoms with van der Waals surface area (Å²) in [6.45, 7) is 0.188. The SMILES string of the molecule is N[C@H](CCCO)c1cnc2[nH]ccc2c1. The Bertz CT molecular complexity index is 438.